The standard InChI is InChI=1S/C22H22ClN3O4/c1-13(2)29-19-8-6-15(11-17(19)23)21-24-22(30-25-21)16-5-7-18-14(10-16)4-3-9-26(18)12-20(27)28/h5-8,10-11,13H,3-4,9,12H2,1-2H3,(H,27,28). The predicted molar refractivity (Wildman–Crippen MR) is 114 cm³/mol. The van der Waals surface area contributed by atoms with Gasteiger partial charge < -0.3 is 19.3 Å². The first-order valence-electron chi connectivity index (χ1n) is 9.81. The Hall–Kier alpha value is -3.06. The molecule has 0 bridgehead atoms. The largest absolute Gasteiger partial charge is 0.489 e. The molecular formula is C22H22ClN3O4. The number of fused-ring (bicyclic) bond motifs is 1. The second-order valence-corrected chi connectivity index (χ2v) is 7.90. The van der Waals surface area contributed by atoms with Crippen molar-refractivity contribution in [3.8, 4) is 28.6 Å². The summed E-state index contributed by atoms with van der Waals surface area (Å²) in [5.74, 6) is 0.617. The number of hydrogen-bond acceptors (Lipinski definition) is 6. The molecule has 0 saturated heterocycles. The van der Waals surface area contributed by atoms with Gasteiger partial charge in [0.25, 0.3) is 5.89 Å². The second kappa shape index (κ2) is 8.36. The van der Waals surface area contributed by atoms with Crippen LogP contribution in [0.3, 0.4) is 0 Å². The summed E-state index contributed by atoms with van der Waals surface area (Å²) < 4.78 is 11.1. The van der Waals surface area contributed by atoms with E-state index in [0.717, 1.165) is 41.8 Å². The topological polar surface area (TPSA) is 88.7 Å². The quantitative estimate of drug-likeness (QED) is 0.610. The van der Waals surface area contributed by atoms with Gasteiger partial charge in [-0.25, -0.2) is 0 Å². The number of hydrogen-bond donors (Lipinski definition) is 1. The van der Waals surface area contributed by atoms with Crippen molar-refractivity contribution in [1.29, 1.82) is 0 Å². The molecule has 7 nitrogen and oxygen atoms in total. The van der Waals surface area contributed by atoms with Crippen molar-refractivity contribution in [2.75, 3.05) is 18.0 Å². The first-order valence-corrected chi connectivity index (χ1v) is 10.2. The summed E-state index contributed by atoms with van der Waals surface area (Å²) >= 11 is 6.32. The first kappa shape index (κ1) is 20.2. The van der Waals surface area contributed by atoms with Crippen LogP contribution in [-0.2, 0) is 11.2 Å². The molecule has 4 rings (SSSR count). The Labute approximate surface area is 179 Å². The van der Waals surface area contributed by atoms with Crippen molar-refractivity contribution in [1.82, 2.24) is 10.1 Å². The molecule has 0 amide bonds. The van der Waals surface area contributed by atoms with Crippen LogP contribution in [0.5, 0.6) is 5.75 Å². The fraction of sp³-hybridized carbons (Fsp3) is 0.318. The minimum Gasteiger partial charge on any atom is -0.489 e. The van der Waals surface area contributed by atoms with Gasteiger partial charge in [0.05, 0.1) is 11.1 Å². The Bertz CT molecular complexity index is 1080. The molecule has 1 aliphatic heterocycles. The van der Waals surface area contributed by atoms with Gasteiger partial charge >= 0.3 is 5.97 Å². The summed E-state index contributed by atoms with van der Waals surface area (Å²) in [5, 5.41) is 13.7. The van der Waals surface area contributed by atoms with E-state index in [9.17, 15) is 4.79 Å². The Balaban J connectivity index is 1.59. The van der Waals surface area contributed by atoms with Crippen molar-refractivity contribution >= 4 is 23.3 Å². The minimum absolute atomic E-state index is 0.00562. The van der Waals surface area contributed by atoms with Crippen LogP contribution >= 0.6 is 11.6 Å². The lowest BCUT2D eigenvalue weighted by molar-refractivity contribution is -0.135. The highest BCUT2D eigenvalue weighted by atomic mass is 35.5. The van der Waals surface area contributed by atoms with Gasteiger partial charge in [0.1, 0.15) is 12.3 Å². The molecule has 3 aromatic rings. The molecule has 0 spiro atoms. The molecule has 0 aliphatic carbocycles. The smallest absolute Gasteiger partial charge is 0.323 e. The molecule has 0 saturated carbocycles. The molecule has 1 N–H and O–H groups in total. The lowest BCUT2D eigenvalue weighted by Crippen LogP contribution is -2.34. The summed E-state index contributed by atoms with van der Waals surface area (Å²) in [6.45, 7) is 4.61. The molecular weight excluding hydrogens is 406 g/mol. The van der Waals surface area contributed by atoms with E-state index in [1.165, 1.54) is 0 Å². The van der Waals surface area contributed by atoms with Crippen LogP contribution < -0.4 is 9.64 Å². The molecule has 0 radical (unpaired) electrons. The Morgan fingerprint density at radius 2 is 2.07 bits per heavy atom. The molecule has 30 heavy (non-hydrogen) atoms. The van der Waals surface area contributed by atoms with Crippen LogP contribution in [0, 0.1) is 0 Å². The summed E-state index contributed by atoms with van der Waals surface area (Å²) in [4.78, 5) is 17.5. The lowest BCUT2D eigenvalue weighted by atomic mass is 9.99. The summed E-state index contributed by atoms with van der Waals surface area (Å²) in [6, 6.07) is 11.2. The maximum absolute atomic E-state index is 11.1. The van der Waals surface area contributed by atoms with E-state index in [1.807, 2.05) is 43.0 Å². The molecule has 2 heterocycles. The number of aryl methyl sites for hydroxylation is 1. The zero-order valence-corrected chi connectivity index (χ0v) is 17.5. The number of nitrogens with zero attached hydrogens (tertiary/aromatic N) is 3. The van der Waals surface area contributed by atoms with Crippen molar-refractivity contribution in [2.24, 2.45) is 0 Å². The molecule has 156 valence electrons. The molecule has 0 unspecified atom stereocenters. The number of benzene rings is 2. The third-order valence-electron chi connectivity index (χ3n) is 4.85. The molecule has 1 aromatic heterocycles. The van der Waals surface area contributed by atoms with E-state index in [-0.39, 0.29) is 12.6 Å². The molecule has 0 atom stereocenters. The van der Waals surface area contributed by atoms with Gasteiger partial charge in [-0.15, -0.1) is 0 Å². The summed E-state index contributed by atoms with van der Waals surface area (Å²) in [5.41, 5.74) is 3.56. The third kappa shape index (κ3) is 4.26. The molecule has 1 aliphatic rings. The zero-order chi connectivity index (χ0) is 21.3. The number of aromatic nitrogens is 2. The van der Waals surface area contributed by atoms with Gasteiger partial charge in [-0.3, -0.25) is 4.79 Å². The Morgan fingerprint density at radius 1 is 1.27 bits per heavy atom. The van der Waals surface area contributed by atoms with Gasteiger partial charge in [-0.2, -0.15) is 4.98 Å². The van der Waals surface area contributed by atoms with Gasteiger partial charge in [0, 0.05) is 23.4 Å². The number of aliphatic carboxylic acids is 1. The van der Waals surface area contributed by atoms with Crippen molar-refractivity contribution in [2.45, 2.75) is 32.8 Å². The highest BCUT2D eigenvalue weighted by Crippen LogP contribution is 2.33. The molecule has 0 fully saturated rings. The van der Waals surface area contributed by atoms with Crippen molar-refractivity contribution in [3.05, 3.63) is 47.0 Å². The normalized spacial score (nSPS) is 13.4. The predicted octanol–water partition coefficient (Wildman–Crippen LogP) is 4.68. The number of ether oxygens (including phenoxy) is 1. The van der Waals surface area contributed by atoms with E-state index < -0.39 is 5.97 Å². The van der Waals surface area contributed by atoms with Crippen LogP contribution in [-0.4, -0.2) is 40.4 Å². The lowest BCUT2D eigenvalue weighted by Gasteiger charge is -2.30. The van der Waals surface area contributed by atoms with E-state index in [1.54, 1.807) is 12.1 Å². The summed E-state index contributed by atoms with van der Waals surface area (Å²) in [6.07, 6.45) is 1.82. The first-order chi connectivity index (χ1) is 14.4. The average molecular weight is 428 g/mol. The average Bonchev–Trinajstić information content (AvgIpc) is 3.19. The molecule has 8 heteroatoms. The van der Waals surface area contributed by atoms with E-state index in [0.29, 0.717) is 22.5 Å². The van der Waals surface area contributed by atoms with Gasteiger partial charge in [0.15, 0.2) is 0 Å². The fourth-order valence-corrected chi connectivity index (χ4v) is 3.81. The Morgan fingerprint density at radius 3 is 2.80 bits per heavy atom. The summed E-state index contributed by atoms with van der Waals surface area (Å²) in [7, 11) is 0. The van der Waals surface area contributed by atoms with Crippen LogP contribution in [0.2, 0.25) is 5.02 Å². The van der Waals surface area contributed by atoms with E-state index >= 15 is 0 Å². The SMILES string of the molecule is CC(C)Oc1ccc(-c2noc(-c3ccc4c(c3)CCCN4CC(=O)O)n2)cc1Cl. The van der Waals surface area contributed by atoms with Gasteiger partial charge in [0.2, 0.25) is 5.82 Å². The maximum Gasteiger partial charge on any atom is 0.323 e. The number of anilines is 1. The van der Waals surface area contributed by atoms with Crippen molar-refractivity contribution < 1.29 is 19.2 Å². The van der Waals surface area contributed by atoms with E-state index in [2.05, 4.69) is 10.1 Å². The molecule has 2 aromatic carbocycles. The van der Waals surface area contributed by atoms with Gasteiger partial charge in [-0.05, 0) is 68.7 Å². The number of carbonyl (C=O) groups is 1. The third-order valence-corrected chi connectivity index (χ3v) is 5.14. The van der Waals surface area contributed by atoms with E-state index in [4.69, 9.17) is 26.0 Å². The number of halogens is 1. The maximum atomic E-state index is 11.1. The minimum atomic E-state index is -0.836. The fourth-order valence-electron chi connectivity index (χ4n) is 3.58. The van der Waals surface area contributed by atoms with Gasteiger partial charge in [-0.1, -0.05) is 16.8 Å². The Kier molecular flexibility index (Phi) is 5.63. The van der Waals surface area contributed by atoms with Crippen LogP contribution in [0.15, 0.2) is 40.9 Å². The monoisotopic (exact) mass is 427 g/mol. The second-order valence-electron chi connectivity index (χ2n) is 7.50. The van der Waals surface area contributed by atoms with Crippen LogP contribution in [0.25, 0.3) is 22.8 Å². The highest BCUT2D eigenvalue weighted by Gasteiger charge is 2.21. The van der Waals surface area contributed by atoms with Crippen molar-refractivity contribution in [3.63, 3.8) is 0 Å². The number of carboxylic acid groups (broad SMARTS) is 1. The highest BCUT2D eigenvalue weighted by molar-refractivity contribution is 6.32. The van der Waals surface area contributed by atoms with Crippen LogP contribution in [0.4, 0.5) is 5.69 Å². The number of rotatable bonds is 6. The van der Waals surface area contributed by atoms with Crippen LogP contribution in [0.1, 0.15) is 25.8 Å². The zero-order valence-electron chi connectivity index (χ0n) is 16.8. The number of carboxylic acids is 1.